The van der Waals surface area contributed by atoms with Crippen molar-refractivity contribution in [3.8, 4) is 11.5 Å². The van der Waals surface area contributed by atoms with Gasteiger partial charge in [-0.25, -0.2) is 0 Å². The van der Waals surface area contributed by atoms with Gasteiger partial charge in [0, 0.05) is 11.3 Å². The predicted molar refractivity (Wildman–Crippen MR) is 73.5 cm³/mol. The fourth-order valence-corrected chi connectivity index (χ4v) is 2.33. The zero-order valence-electron chi connectivity index (χ0n) is 10.6. The third-order valence-corrected chi connectivity index (χ3v) is 3.43. The van der Waals surface area contributed by atoms with Gasteiger partial charge in [0.15, 0.2) is 11.5 Å². The van der Waals surface area contributed by atoms with Gasteiger partial charge in [-0.3, -0.25) is 14.9 Å². The molecule has 1 fully saturated rings. The number of hydrogen-bond acceptors (Lipinski definition) is 5. The second-order valence-corrected chi connectivity index (χ2v) is 4.76. The fourth-order valence-electron chi connectivity index (χ4n) is 1.67. The molecule has 1 aliphatic heterocycles. The molecule has 6 heteroatoms. The molecule has 19 heavy (non-hydrogen) atoms. The Morgan fingerprint density at radius 1 is 1.21 bits per heavy atom. The van der Waals surface area contributed by atoms with Crippen LogP contribution in [0.25, 0.3) is 6.08 Å². The van der Waals surface area contributed by atoms with Gasteiger partial charge in [-0.2, -0.15) is 0 Å². The van der Waals surface area contributed by atoms with Crippen LogP contribution in [0, 0.1) is 0 Å². The molecule has 1 N–H and O–H groups in total. The summed E-state index contributed by atoms with van der Waals surface area (Å²) in [4.78, 5) is 22.6. The molecule has 2 rings (SSSR count). The number of nitrogens with one attached hydrogen (secondary N) is 1. The molecule has 0 radical (unpaired) electrons. The number of amides is 2. The maximum absolute atomic E-state index is 11.6. The lowest BCUT2D eigenvalue weighted by Crippen LogP contribution is -2.33. The van der Waals surface area contributed by atoms with Crippen LogP contribution < -0.4 is 14.8 Å². The number of carbonyl (C=O) groups is 2. The Morgan fingerprint density at radius 2 is 1.95 bits per heavy atom. The van der Waals surface area contributed by atoms with Crippen molar-refractivity contribution in [1.82, 2.24) is 5.32 Å². The Hall–Kier alpha value is -1.95. The molecule has 0 bridgehead atoms. The van der Waals surface area contributed by atoms with E-state index in [0.29, 0.717) is 22.8 Å². The van der Waals surface area contributed by atoms with E-state index in [4.69, 9.17) is 9.47 Å². The van der Waals surface area contributed by atoms with Crippen LogP contribution >= 0.6 is 11.8 Å². The Bertz CT molecular complexity index is 554. The molecule has 1 aromatic carbocycles. The molecule has 0 spiro atoms. The van der Waals surface area contributed by atoms with Gasteiger partial charge in [0.1, 0.15) is 0 Å². The van der Waals surface area contributed by atoms with Crippen LogP contribution in [-0.2, 0) is 4.79 Å². The summed E-state index contributed by atoms with van der Waals surface area (Å²) in [6.07, 6.45) is 1.73. The van der Waals surface area contributed by atoms with Crippen LogP contribution in [0.5, 0.6) is 11.5 Å². The average molecular weight is 279 g/mol. The van der Waals surface area contributed by atoms with E-state index in [1.807, 2.05) is 6.07 Å². The third-order valence-electron chi connectivity index (χ3n) is 2.61. The van der Waals surface area contributed by atoms with E-state index >= 15 is 0 Å². The number of benzene rings is 1. The Morgan fingerprint density at radius 3 is 2.58 bits per heavy atom. The number of ether oxygens (including phenoxy) is 2. The quantitative estimate of drug-likeness (QED) is 0.858. The SMILES string of the molecule is COc1ccc(/C=C2/CSC(=O)NC2=O)cc1OC. The summed E-state index contributed by atoms with van der Waals surface area (Å²) in [5.74, 6) is 1.25. The van der Waals surface area contributed by atoms with E-state index < -0.39 is 0 Å². The monoisotopic (exact) mass is 279 g/mol. The van der Waals surface area contributed by atoms with Crippen molar-refractivity contribution in [2.24, 2.45) is 0 Å². The highest BCUT2D eigenvalue weighted by Gasteiger charge is 2.20. The Balaban J connectivity index is 2.27. The largest absolute Gasteiger partial charge is 0.493 e. The highest BCUT2D eigenvalue weighted by molar-refractivity contribution is 8.13. The summed E-state index contributed by atoms with van der Waals surface area (Å²) in [5, 5.41) is 1.95. The van der Waals surface area contributed by atoms with Gasteiger partial charge in [0.05, 0.1) is 14.2 Å². The maximum atomic E-state index is 11.6. The number of hydrogen-bond donors (Lipinski definition) is 1. The standard InChI is InChI=1S/C13H13NO4S/c1-17-10-4-3-8(6-11(10)18-2)5-9-7-19-13(16)14-12(9)15/h3-6H,7H2,1-2H3,(H,14,15,16)/b9-5-. The second-order valence-electron chi connectivity index (χ2n) is 3.81. The minimum absolute atomic E-state index is 0.311. The van der Waals surface area contributed by atoms with Gasteiger partial charge in [-0.1, -0.05) is 17.8 Å². The first-order valence-electron chi connectivity index (χ1n) is 5.54. The van der Waals surface area contributed by atoms with Gasteiger partial charge in [-0.05, 0) is 23.8 Å². The molecule has 0 saturated carbocycles. The summed E-state index contributed by atoms with van der Waals surface area (Å²) in [6, 6.07) is 5.37. The molecule has 0 aromatic heterocycles. The van der Waals surface area contributed by atoms with Crippen LogP contribution in [-0.4, -0.2) is 31.1 Å². The first-order chi connectivity index (χ1) is 9.13. The first kappa shape index (κ1) is 13.5. The highest BCUT2D eigenvalue weighted by Crippen LogP contribution is 2.29. The van der Waals surface area contributed by atoms with Crippen LogP contribution in [0.2, 0.25) is 0 Å². The molecule has 100 valence electrons. The molecule has 0 aliphatic carbocycles. The van der Waals surface area contributed by atoms with Gasteiger partial charge in [0.25, 0.3) is 11.1 Å². The second kappa shape index (κ2) is 5.79. The number of carbonyl (C=O) groups excluding carboxylic acids is 2. The molecule has 1 heterocycles. The average Bonchev–Trinajstić information content (AvgIpc) is 2.41. The number of thioether (sulfide) groups is 1. The lowest BCUT2D eigenvalue weighted by molar-refractivity contribution is -0.116. The lowest BCUT2D eigenvalue weighted by atomic mass is 10.1. The van der Waals surface area contributed by atoms with Crippen molar-refractivity contribution >= 4 is 29.0 Å². The third kappa shape index (κ3) is 3.08. The fraction of sp³-hybridized carbons (Fsp3) is 0.231. The van der Waals surface area contributed by atoms with E-state index in [0.717, 1.165) is 17.3 Å². The molecular formula is C13H13NO4S. The summed E-state index contributed by atoms with van der Waals surface area (Å²) in [7, 11) is 3.11. The van der Waals surface area contributed by atoms with Gasteiger partial charge >= 0.3 is 0 Å². The Labute approximate surface area is 115 Å². The van der Waals surface area contributed by atoms with Crippen molar-refractivity contribution in [3.05, 3.63) is 29.3 Å². The molecule has 0 atom stereocenters. The van der Waals surface area contributed by atoms with Crippen molar-refractivity contribution in [3.63, 3.8) is 0 Å². The van der Waals surface area contributed by atoms with Crippen LogP contribution in [0.15, 0.2) is 23.8 Å². The molecule has 2 amide bonds. The van der Waals surface area contributed by atoms with Crippen molar-refractivity contribution in [2.45, 2.75) is 0 Å². The normalized spacial score (nSPS) is 17.3. The zero-order chi connectivity index (χ0) is 13.8. The van der Waals surface area contributed by atoms with Crippen LogP contribution in [0.3, 0.4) is 0 Å². The minimum atomic E-state index is -0.349. The van der Waals surface area contributed by atoms with Crippen LogP contribution in [0.1, 0.15) is 5.56 Å². The van der Waals surface area contributed by atoms with E-state index in [1.54, 1.807) is 32.4 Å². The lowest BCUT2D eigenvalue weighted by Gasteiger charge is -2.13. The molecule has 1 aromatic rings. The van der Waals surface area contributed by atoms with Crippen molar-refractivity contribution < 1.29 is 19.1 Å². The molecular weight excluding hydrogens is 266 g/mol. The topological polar surface area (TPSA) is 64.6 Å². The summed E-state index contributed by atoms with van der Waals surface area (Å²) in [6.45, 7) is 0. The maximum Gasteiger partial charge on any atom is 0.286 e. The number of rotatable bonds is 3. The molecule has 1 aliphatic rings. The summed E-state index contributed by atoms with van der Waals surface area (Å²) < 4.78 is 10.3. The molecule has 1 saturated heterocycles. The van der Waals surface area contributed by atoms with Crippen molar-refractivity contribution in [1.29, 1.82) is 0 Å². The van der Waals surface area contributed by atoms with E-state index in [9.17, 15) is 9.59 Å². The number of imide groups is 1. The Kier molecular flexibility index (Phi) is 4.11. The zero-order valence-corrected chi connectivity index (χ0v) is 11.4. The first-order valence-corrected chi connectivity index (χ1v) is 6.53. The van der Waals surface area contributed by atoms with Gasteiger partial charge in [0.2, 0.25) is 0 Å². The van der Waals surface area contributed by atoms with E-state index in [2.05, 4.69) is 5.32 Å². The minimum Gasteiger partial charge on any atom is -0.493 e. The summed E-state index contributed by atoms with van der Waals surface area (Å²) >= 11 is 1.07. The van der Waals surface area contributed by atoms with Gasteiger partial charge in [-0.15, -0.1) is 0 Å². The van der Waals surface area contributed by atoms with E-state index in [1.165, 1.54) is 0 Å². The van der Waals surface area contributed by atoms with Crippen LogP contribution in [0.4, 0.5) is 4.79 Å². The smallest absolute Gasteiger partial charge is 0.286 e. The highest BCUT2D eigenvalue weighted by atomic mass is 32.2. The molecule has 0 unspecified atom stereocenters. The predicted octanol–water partition coefficient (Wildman–Crippen LogP) is 2.07. The van der Waals surface area contributed by atoms with Crippen molar-refractivity contribution in [2.75, 3.05) is 20.0 Å². The van der Waals surface area contributed by atoms with E-state index in [-0.39, 0.29) is 11.1 Å². The van der Waals surface area contributed by atoms with Gasteiger partial charge < -0.3 is 9.47 Å². The summed E-state index contributed by atoms with van der Waals surface area (Å²) in [5.41, 5.74) is 1.37. The molecule has 5 nitrogen and oxygen atoms in total. The number of methoxy groups -OCH3 is 2.